The summed E-state index contributed by atoms with van der Waals surface area (Å²) in [6.45, 7) is 3.15. The van der Waals surface area contributed by atoms with E-state index in [-0.39, 0.29) is 5.79 Å². The fraction of sp³-hybridized carbons (Fsp3) is 0.538. The standard InChI is InChI=1S/C13H15N3O2/c14-9-11-1-2-12(15-10-11)16-5-3-13(4-6-16)17-7-8-18-13/h1-2,10H,3-8H2. The number of ether oxygens (including phenoxy) is 2. The van der Waals surface area contributed by atoms with Crippen LogP contribution in [-0.4, -0.2) is 37.1 Å². The summed E-state index contributed by atoms with van der Waals surface area (Å²) >= 11 is 0. The molecule has 1 spiro atoms. The number of hydrogen-bond acceptors (Lipinski definition) is 5. The zero-order valence-corrected chi connectivity index (χ0v) is 10.1. The lowest BCUT2D eigenvalue weighted by Gasteiger charge is -2.38. The van der Waals surface area contributed by atoms with E-state index in [0.29, 0.717) is 18.8 Å². The third kappa shape index (κ3) is 2.05. The molecule has 2 fully saturated rings. The molecule has 5 nitrogen and oxygen atoms in total. The molecular formula is C13H15N3O2. The first kappa shape index (κ1) is 11.5. The molecule has 0 unspecified atom stereocenters. The van der Waals surface area contributed by atoms with Crippen molar-refractivity contribution in [1.82, 2.24) is 4.98 Å². The molecule has 1 aromatic heterocycles. The van der Waals surface area contributed by atoms with E-state index in [1.54, 1.807) is 12.3 Å². The average Bonchev–Trinajstić information content (AvgIpc) is 2.88. The van der Waals surface area contributed by atoms with E-state index in [4.69, 9.17) is 14.7 Å². The van der Waals surface area contributed by atoms with Crippen molar-refractivity contribution in [3.8, 4) is 6.07 Å². The van der Waals surface area contributed by atoms with Crippen LogP contribution in [0.15, 0.2) is 18.3 Å². The van der Waals surface area contributed by atoms with E-state index in [0.717, 1.165) is 31.7 Å². The highest BCUT2D eigenvalue weighted by Gasteiger charge is 2.39. The van der Waals surface area contributed by atoms with Crippen molar-refractivity contribution in [3.63, 3.8) is 0 Å². The second-order valence-electron chi connectivity index (χ2n) is 4.61. The lowest BCUT2D eigenvalue weighted by Crippen LogP contribution is -2.45. The molecule has 2 saturated heterocycles. The Morgan fingerprint density at radius 1 is 1.22 bits per heavy atom. The van der Waals surface area contributed by atoms with Crippen LogP contribution in [0.3, 0.4) is 0 Å². The summed E-state index contributed by atoms with van der Waals surface area (Å²) in [4.78, 5) is 6.52. The number of anilines is 1. The van der Waals surface area contributed by atoms with Crippen LogP contribution < -0.4 is 4.90 Å². The van der Waals surface area contributed by atoms with Crippen LogP contribution in [0, 0.1) is 11.3 Å². The van der Waals surface area contributed by atoms with E-state index in [2.05, 4.69) is 16.0 Å². The Kier molecular flexibility index (Phi) is 2.90. The molecular weight excluding hydrogens is 230 g/mol. The highest BCUT2D eigenvalue weighted by Crippen LogP contribution is 2.32. The quantitative estimate of drug-likeness (QED) is 0.746. The highest BCUT2D eigenvalue weighted by molar-refractivity contribution is 5.42. The van der Waals surface area contributed by atoms with Crippen molar-refractivity contribution in [2.45, 2.75) is 18.6 Å². The first-order valence-corrected chi connectivity index (χ1v) is 6.20. The van der Waals surface area contributed by atoms with Crippen molar-refractivity contribution < 1.29 is 9.47 Å². The lowest BCUT2D eigenvalue weighted by molar-refractivity contribution is -0.169. The molecule has 0 atom stereocenters. The van der Waals surface area contributed by atoms with Gasteiger partial charge in [-0.2, -0.15) is 5.26 Å². The van der Waals surface area contributed by atoms with E-state index < -0.39 is 0 Å². The Hall–Kier alpha value is -1.64. The molecule has 0 radical (unpaired) electrons. The van der Waals surface area contributed by atoms with Gasteiger partial charge in [0.05, 0.1) is 18.8 Å². The molecule has 18 heavy (non-hydrogen) atoms. The molecule has 0 N–H and O–H groups in total. The van der Waals surface area contributed by atoms with E-state index in [1.807, 2.05) is 6.07 Å². The number of hydrogen-bond donors (Lipinski definition) is 0. The minimum Gasteiger partial charge on any atom is -0.356 e. The Labute approximate surface area is 106 Å². The normalized spacial score (nSPS) is 22.1. The highest BCUT2D eigenvalue weighted by atomic mass is 16.7. The first-order chi connectivity index (χ1) is 8.81. The maximum Gasteiger partial charge on any atom is 0.171 e. The second kappa shape index (κ2) is 4.56. The summed E-state index contributed by atoms with van der Waals surface area (Å²) in [6.07, 6.45) is 3.35. The van der Waals surface area contributed by atoms with Crippen molar-refractivity contribution in [3.05, 3.63) is 23.9 Å². The number of rotatable bonds is 1. The number of nitriles is 1. The molecule has 2 aliphatic rings. The maximum atomic E-state index is 8.74. The largest absolute Gasteiger partial charge is 0.356 e. The van der Waals surface area contributed by atoms with Gasteiger partial charge in [-0.25, -0.2) is 4.98 Å². The summed E-state index contributed by atoms with van der Waals surface area (Å²) < 4.78 is 11.4. The number of nitrogens with zero attached hydrogens (tertiary/aromatic N) is 3. The molecule has 3 rings (SSSR count). The smallest absolute Gasteiger partial charge is 0.171 e. The Morgan fingerprint density at radius 3 is 2.50 bits per heavy atom. The third-order valence-corrected chi connectivity index (χ3v) is 3.54. The molecule has 1 aromatic rings. The van der Waals surface area contributed by atoms with Crippen LogP contribution in [0.1, 0.15) is 18.4 Å². The van der Waals surface area contributed by atoms with Crippen LogP contribution in [0.2, 0.25) is 0 Å². The zero-order valence-electron chi connectivity index (χ0n) is 10.1. The molecule has 5 heteroatoms. The van der Waals surface area contributed by atoms with Crippen molar-refractivity contribution >= 4 is 5.82 Å². The van der Waals surface area contributed by atoms with Gasteiger partial charge in [-0.05, 0) is 12.1 Å². The summed E-state index contributed by atoms with van der Waals surface area (Å²) in [5.74, 6) is 0.574. The minimum atomic E-state index is -0.344. The van der Waals surface area contributed by atoms with E-state index >= 15 is 0 Å². The lowest BCUT2D eigenvalue weighted by atomic mass is 10.0. The Balaban J connectivity index is 1.66. The van der Waals surface area contributed by atoms with E-state index in [1.165, 1.54) is 0 Å². The zero-order chi connectivity index (χ0) is 12.4. The molecule has 2 aliphatic heterocycles. The monoisotopic (exact) mass is 245 g/mol. The maximum absolute atomic E-state index is 8.74. The van der Waals surface area contributed by atoms with Gasteiger partial charge >= 0.3 is 0 Å². The van der Waals surface area contributed by atoms with Crippen LogP contribution >= 0.6 is 0 Å². The molecule has 0 aliphatic carbocycles. The molecule has 3 heterocycles. The fourth-order valence-electron chi connectivity index (χ4n) is 2.50. The van der Waals surface area contributed by atoms with Crippen LogP contribution in [0.25, 0.3) is 0 Å². The van der Waals surface area contributed by atoms with Crippen LogP contribution in [-0.2, 0) is 9.47 Å². The van der Waals surface area contributed by atoms with Gasteiger partial charge in [0.2, 0.25) is 0 Å². The molecule has 0 bridgehead atoms. The number of pyridine rings is 1. The van der Waals surface area contributed by atoms with Gasteiger partial charge < -0.3 is 14.4 Å². The van der Waals surface area contributed by atoms with Gasteiger partial charge in [0, 0.05) is 32.1 Å². The first-order valence-electron chi connectivity index (χ1n) is 6.20. The molecule has 0 saturated carbocycles. The molecule has 0 amide bonds. The average molecular weight is 245 g/mol. The van der Waals surface area contributed by atoms with Gasteiger partial charge in [-0.15, -0.1) is 0 Å². The fourth-order valence-corrected chi connectivity index (χ4v) is 2.50. The van der Waals surface area contributed by atoms with E-state index in [9.17, 15) is 0 Å². The van der Waals surface area contributed by atoms with Gasteiger partial charge in [-0.3, -0.25) is 0 Å². The van der Waals surface area contributed by atoms with Crippen LogP contribution in [0.4, 0.5) is 5.82 Å². The predicted octanol–water partition coefficient (Wildman–Crippen LogP) is 1.30. The topological polar surface area (TPSA) is 58.4 Å². The number of piperidine rings is 1. The van der Waals surface area contributed by atoms with Crippen LogP contribution in [0.5, 0.6) is 0 Å². The third-order valence-electron chi connectivity index (χ3n) is 3.54. The van der Waals surface area contributed by atoms with Gasteiger partial charge in [0.25, 0.3) is 0 Å². The van der Waals surface area contributed by atoms with Gasteiger partial charge in [-0.1, -0.05) is 0 Å². The van der Waals surface area contributed by atoms with Crippen molar-refractivity contribution in [1.29, 1.82) is 5.26 Å². The second-order valence-corrected chi connectivity index (χ2v) is 4.61. The summed E-state index contributed by atoms with van der Waals surface area (Å²) in [5.41, 5.74) is 0.592. The van der Waals surface area contributed by atoms with Crippen molar-refractivity contribution in [2.75, 3.05) is 31.2 Å². The number of aromatic nitrogens is 1. The predicted molar refractivity (Wildman–Crippen MR) is 65.0 cm³/mol. The SMILES string of the molecule is N#Cc1ccc(N2CCC3(CC2)OCCO3)nc1. The van der Waals surface area contributed by atoms with Gasteiger partial charge in [0.15, 0.2) is 5.79 Å². The summed E-state index contributed by atoms with van der Waals surface area (Å²) in [5, 5.41) is 8.74. The molecule has 0 aromatic carbocycles. The van der Waals surface area contributed by atoms with Crippen molar-refractivity contribution in [2.24, 2.45) is 0 Å². The summed E-state index contributed by atoms with van der Waals surface area (Å²) in [7, 11) is 0. The molecule has 94 valence electrons. The Bertz CT molecular complexity index is 450. The summed E-state index contributed by atoms with van der Waals surface area (Å²) in [6, 6.07) is 5.77. The minimum absolute atomic E-state index is 0.344. The Morgan fingerprint density at radius 2 is 1.94 bits per heavy atom. The van der Waals surface area contributed by atoms with Gasteiger partial charge in [0.1, 0.15) is 11.9 Å².